The molecule has 0 unspecified atom stereocenters. The highest BCUT2D eigenvalue weighted by Crippen LogP contribution is 2.26. The van der Waals surface area contributed by atoms with Crippen LogP contribution >= 0.6 is 0 Å². The smallest absolute Gasteiger partial charge is 0.262 e. The van der Waals surface area contributed by atoms with Crippen LogP contribution in [-0.2, 0) is 36.6 Å². The Labute approximate surface area is 136 Å². The molecule has 3 heterocycles. The molecule has 3 rings (SSSR count). The molecule has 0 amide bonds. The number of nitrogens with zero attached hydrogens (tertiary/aromatic N) is 5. The maximum atomic E-state index is 12.7. The summed E-state index contributed by atoms with van der Waals surface area (Å²) in [6.07, 6.45) is 7.39. The third kappa shape index (κ3) is 3.15. The first-order valence-corrected chi connectivity index (χ1v) is 8.89. The van der Waals surface area contributed by atoms with Crippen LogP contribution < -0.4 is 0 Å². The van der Waals surface area contributed by atoms with Crippen molar-refractivity contribution in [1.29, 1.82) is 0 Å². The maximum absolute atomic E-state index is 12.7. The minimum absolute atomic E-state index is 0.0980. The molecule has 8 heteroatoms. The average molecular weight is 335 g/mol. The van der Waals surface area contributed by atoms with Gasteiger partial charge in [-0.1, -0.05) is 0 Å². The normalized spacial score (nSPS) is 15.8. The van der Waals surface area contributed by atoms with Crippen LogP contribution in [0.25, 0.3) is 0 Å². The molecule has 0 fully saturated rings. The Balaban J connectivity index is 1.89. The minimum Gasteiger partial charge on any atom is -0.339 e. The highest BCUT2D eigenvalue weighted by Gasteiger charge is 2.30. The van der Waals surface area contributed by atoms with Crippen molar-refractivity contribution in [2.45, 2.75) is 24.5 Å². The summed E-state index contributed by atoms with van der Waals surface area (Å²) in [4.78, 5) is 10.4. The molecular formula is C15H21N5O2S. The molecule has 2 aromatic heterocycles. The lowest BCUT2D eigenvalue weighted by Gasteiger charge is -2.29. The molecule has 7 nitrogen and oxygen atoms in total. The predicted molar refractivity (Wildman–Crippen MR) is 86.1 cm³/mol. The first kappa shape index (κ1) is 16.1. The number of hydrogen-bond acceptors (Lipinski definition) is 5. The third-order valence-electron chi connectivity index (χ3n) is 3.97. The van der Waals surface area contributed by atoms with Crippen molar-refractivity contribution in [2.24, 2.45) is 7.05 Å². The minimum atomic E-state index is -3.56. The number of sulfonamides is 1. The van der Waals surface area contributed by atoms with Crippen molar-refractivity contribution >= 4 is 10.0 Å². The highest BCUT2D eigenvalue weighted by molar-refractivity contribution is 7.89. The van der Waals surface area contributed by atoms with Gasteiger partial charge in [-0.3, -0.25) is 4.98 Å². The highest BCUT2D eigenvalue weighted by atomic mass is 32.2. The van der Waals surface area contributed by atoms with Crippen molar-refractivity contribution in [1.82, 2.24) is 23.7 Å². The van der Waals surface area contributed by atoms with Crippen LogP contribution in [0.2, 0.25) is 0 Å². The molecule has 23 heavy (non-hydrogen) atoms. The Bertz CT molecular complexity index is 813. The van der Waals surface area contributed by atoms with Gasteiger partial charge in [0.15, 0.2) is 5.03 Å². The van der Waals surface area contributed by atoms with Gasteiger partial charge < -0.3 is 9.47 Å². The lowest BCUT2D eigenvalue weighted by molar-refractivity contribution is 0.376. The average Bonchev–Trinajstić information content (AvgIpc) is 2.94. The van der Waals surface area contributed by atoms with E-state index in [-0.39, 0.29) is 5.03 Å². The number of pyridine rings is 1. The van der Waals surface area contributed by atoms with E-state index in [1.54, 1.807) is 17.8 Å². The molecule has 0 saturated heterocycles. The summed E-state index contributed by atoms with van der Waals surface area (Å²) in [7, 11) is 2.23. The molecule has 1 aliphatic heterocycles. The van der Waals surface area contributed by atoms with Gasteiger partial charge in [0.2, 0.25) is 0 Å². The second-order valence-electron chi connectivity index (χ2n) is 6.14. The fourth-order valence-electron chi connectivity index (χ4n) is 2.88. The standard InChI is InChI=1S/C15H21N5O2S/c1-18(2)8-12-6-16-7-13-9-20(5-4-14(12)13)23(21,22)15-10-19(3)11-17-15/h6-7,10-11H,4-5,8-9H2,1-3H3. The van der Waals surface area contributed by atoms with Crippen molar-refractivity contribution in [3.8, 4) is 0 Å². The van der Waals surface area contributed by atoms with Crippen molar-refractivity contribution in [3.05, 3.63) is 41.6 Å². The van der Waals surface area contributed by atoms with Crippen LogP contribution in [0.15, 0.2) is 29.9 Å². The number of aryl methyl sites for hydroxylation is 1. The molecule has 0 N–H and O–H groups in total. The van der Waals surface area contributed by atoms with E-state index in [2.05, 4.69) is 14.9 Å². The summed E-state index contributed by atoms with van der Waals surface area (Å²) >= 11 is 0. The Morgan fingerprint density at radius 2 is 2.09 bits per heavy atom. The fourth-order valence-corrected chi connectivity index (χ4v) is 4.26. The monoisotopic (exact) mass is 335 g/mol. The maximum Gasteiger partial charge on any atom is 0.262 e. The van der Waals surface area contributed by atoms with Crippen molar-refractivity contribution < 1.29 is 8.42 Å². The lowest BCUT2D eigenvalue weighted by atomic mass is 9.98. The zero-order valence-electron chi connectivity index (χ0n) is 13.6. The van der Waals surface area contributed by atoms with E-state index in [1.807, 2.05) is 20.3 Å². The molecule has 0 aromatic carbocycles. The zero-order chi connectivity index (χ0) is 16.6. The van der Waals surface area contributed by atoms with Gasteiger partial charge in [-0.15, -0.1) is 0 Å². The number of rotatable bonds is 4. The SMILES string of the molecule is CN(C)Cc1cncc2c1CCN(S(=O)(=O)c1cn(C)cn1)C2. The van der Waals surface area contributed by atoms with Crippen LogP contribution in [-0.4, -0.2) is 52.8 Å². The molecule has 0 spiro atoms. The topological polar surface area (TPSA) is 71.3 Å². The Morgan fingerprint density at radius 3 is 2.74 bits per heavy atom. The van der Waals surface area contributed by atoms with Gasteiger partial charge in [0.05, 0.1) is 6.33 Å². The molecular weight excluding hydrogens is 314 g/mol. The van der Waals surface area contributed by atoms with Crippen molar-refractivity contribution in [3.63, 3.8) is 0 Å². The number of hydrogen-bond donors (Lipinski definition) is 0. The van der Waals surface area contributed by atoms with Gasteiger partial charge in [-0.2, -0.15) is 4.31 Å². The summed E-state index contributed by atoms with van der Waals surface area (Å²) in [5.74, 6) is 0. The van der Waals surface area contributed by atoms with Gasteiger partial charge in [-0.25, -0.2) is 13.4 Å². The van der Waals surface area contributed by atoms with Gasteiger partial charge in [-0.05, 0) is 37.2 Å². The third-order valence-corrected chi connectivity index (χ3v) is 5.70. The molecule has 0 saturated carbocycles. The summed E-state index contributed by atoms with van der Waals surface area (Å²) in [6, 6.07) is 0. The quantitative estimate of drug-likeness (QED) is 0.819. The van der Waals surface area contributed by atoms with Gasteiger partial charge in [0.25, 0.3) is 10.0 Å². The Morgan fingerprint density at radius 1 is 1.30 bits per heavy atom. The Hall–Kier alpha value is -1.77. The second kappa shape index (κ2) is 6.03. The molecule has 0 aliphatic carbocycles. The van der Waals surface area contributed by atoms with Gasteiger partial charge >= 0.3 is 0 Å². The summed E-state index contributed by atoms with van der Waals surface area (Å²) in [5, 5.41) is 0.0980. The van der Waals surface area contributed by atoms with Crippen LogP contribution in [0, 0.1) is 0 Å². The molecule has 0 bridgehead atoms. The van der Waals surface area contributed by atoms with Crippen LogP contribution in [0.3, 0.4) is 0 Å². The number of fused-ring (bicyclic) bond motifs is 1. The van der Waals surface area contributed by atoms with Crippen LogP contribution in [0.5, 0.6) is 0 Å². The molecule has 0 atom stereocenters. The first-order valence-electron chi connectivity index (χ1n) is 7.45. The van der Waals surface area contributed by atoms with E-state index in [0.717, 1.165) is 12.1 Å². The largest absolute Gasteiger partial charge is 0.339 e. The molecule has 2 aromatic rings. The number of imidazole rings is 1. The fraction of sp³-hybridized carbons (Fsp3) is 0.467. The Kier molecular flexibility index (Phi) is 4.22. The predicted octanol–water partition coefficient (Wildman–Crippen LogP) is 0.624. The van der Waals surface area contributed by atoms with E-state index >= 15 is 0 Å². The number of aromatic nitrogens is 3. The first-order chi connectivity index (χ1) is 10.9. The van der Waals surface area contributed by atoms with E-state index in [0.29, 0.717) is 19.5 Å². The summed E-state index contributed by atoms with van der Waals surface area (Å²) in [6.45, 7) is 1.63. The van der Waals surface area contributed by atoms with E-state index in [4.69, 9.17) is 0 Å². The van der Waals surface area contributed by atoms with E-state index in [1.165, 1.54) is 28.0 Å². The van der Waals surface area contributed by atoms with Crippen LogP contribution in [0.1, 0.15) is 16.7 Å². The zero-order valence-corrected chi connectivity index (χ0v) is 14.4. The van der Waals surface area contributed by atoms with Crippen LogP contribution in [0.4, 0.5) is 0 Å². The van der Waals surface area contributed by atoms with Crippen molar-refractivity contribution in [2.75, 3.05) is 20.6 Å². The summed E-state index contributed by atoms with van der Waals surface area (Å²) < 4.78 is 28.5. The molecule has 0 radical (unpaired) electrons. The lowest BCUT2D eigenvalue weighted by Crippen LogP contribution is -2.36. The van der Waals surface area contributed by atoms with E-state index in [9.17, 15) is 8.42 Å². The molecule has 124 valence electrons. The molecule has 1 aliphatic rings. The summed E-state index contributed by atoms with van der Waals surface area (Å²) in [5.41, 5.74) is 3.37. The van der Waals surface area contributed by atoms with E-state index < -0.39 is 10.0 Å². The second-order valence-corrected chi connectivity index (χ2v) is 8.02. The van der Waals surface area contributed by atoms with Gasteiger partial charge in [0, 0.05) is 45.3 Å². The van der Waals surface area contributed by atoms with Gasteiger partial charge in [0.1, 0.15) is 0 Å².